The Balaban J connectivity index is 2.64. The highest BCUT2D eigenvalue weighted by Crippen LogP contribution is 2.16. The van der Waals surface area contributed by atoms with Gasteiger partial charge in [0.2, 0.25) is 10.0 Å². The average Bonchev–Trinajstić information content (AvgIpc) is 1.95. The summed E-state index contributed by atoms with van der Waals surface area (Å²) in [5.74, 6) is 0.719. The maximum absolute atomic E-state index is 11.1. The molecule has 4 nitrogen and oxygen atoms in total. The molecule has 0 bridgehead atoms. The number of sulfonamides is 1. The minimum Gasteiger partial charge on any atom is -0.316 e. The molecule has 0 radical (unpaired) electrons. The molecule has 5 heteroatoms. The monoisotopic (exact) mass is 206 g/mol. The van der Waals surface area contributed by atoms with E-state index in [4.69, 9.17) is 0 Å². The van der Waals surface area contributed by atoms with Gasteiger partial charge in [-0.1, -0.05) is 13.8 Å². The molecule has 0 amide bonds. The number of piperidine rings is 1. The molecule has 1 saturated heterocycles. The Morgan fingerprint density at radius 1 is 1.23 bits per heavy atom. The van der Waals surface area contributed by atoms with E-state index in [1.165, 1.54) is 6.26 Å². The van der Waals surface area contributed by atoms with Crippen LogP contribution in [0, 0.1) is 11.8 Å². The van der Waals surface area contributed by atoms with Crippen LogP contribution in [-0.4, -0.2) is 33.8 Å². The average molecular weight is 206 g/mol. The zero-order valence-corrected chi connectivity index (χ0v) is 9.19. The summed E-state index contributed by atoms with van der Waals surface area (Å²) in [4.78, 5) is 0. The molecule has 1 heterocycles. The molecule has 2 N–H and O–H groups in total. The molecule has 1 fully saturated rings. The lowest BCUT2D eigenvalue weighted by molar-refractivity contribution is 0.252. The fraction of sp³-hybridized carbons (Fsp3) is 1.00. The van der Waals surface area contributed by atoms with Crippen LogP contribution in [0.15, 0.2) is 0 Å². The van der Waals surface area contributed by atoms with Gasteiger partial charge in [-0.05, 0) is 24.9 Å². The van der Waals surface area contributed by atoms with Crippen LogP contribution in [0.1, 0.15) is 13.8 Å². The van der Waals surface area contributed by atoms with Crippen LogP contribution in [0.25, 0.3) is 0 Å². The molecular formula is C8H18N2O2S. The van der Waals surface area contributed by atoms with Crippen molar-refractivity contribution in [1.82, 2.24) is 10.0 Å². The molecule has 1 aliphatic rings. The Bertz CT molecular complexity index is 253. The maximum atomic E-state index is 11.1. The van der Waals surface area contributed by atoms with Crippen LogP contribution in [0.5, 0.6) is 0 Å². The number of nitrogens with one attached hydrogen (secondary N) is 2. The highest BCUT2D eigenvalue weighted by atomic mass is 32.2. The maximum Gasteiger partial charge on any atom is 0.208 e. The smallest absolute Gasteiger partial charge is 0.208 e. The number of hydrogen-bond donors (Lipinski definition) is 2. The van der Waals surface area contributed by atoms with Crippen molar-refractivity contribution in [3.8, 4) is 0 Å². The van der Waals surface area contributed by atoms with E-state index in [2.05, 4.69) is 23.9 Å². The second-order valence-corrected chi connectivity index (χ2v) is 5.81. The van der Waals surface area contributed by atoms with Gasteiger partial charge in [0.05, 0.1) is 6.26 Å². The van der Waals surface area contributed by atoms with E-state index < -0.39 is 10.0 Å². The summed E-state index contributed by atoms with van der Waals surface area (Å²) in [6.07, 6.45) is 1.22. The Morgan fingerprint density at radius 3 is 2.08 bits per heavy atom. The third kappa shape index (κ3) is 3.25. The third-order valence-corrected chi connectivity index (χ3v) is 3.21. The standard InChI is InChI=1S/C8H18N2O2S/c1-6-4-9-5-7(2)8(6)10-13(3,11)12/h6-10H,4-5H2,1-3H3. The van der Waals surface area contributed by atoms with Crippen molar-refractivity contribution in [2.75, 3.05) is 19.3 Å². The Kier molecular flexibility index (Phi) is 3.32. The van der Waals surface area contributed by atoms with Gasteiger partial charge in [0.25, 0.3) is 0 Å². The molecule has 0 aromatic carbocycles. The van der Waals surface area contributed by atoms with Crippen LogP contribution in [0.3, 0.4) is 0 Å². The Labute approximate surface area is 80.1 Å². The van der Waals surface area contributed by atoms with Crippen molar-refractivity contribution in [3.63, 3.8) is 0 Å². The Hall–Kier alpha value is -0.130. The highest BCUT2D eigenvalue weighted by molar-refractivity contribution is 7.88. The number of rotatable bonds is 2. The summed E-state index contributed by atoms with van der Waals surface area (Å²) < 4.78 is 24.8. The summed E-state index contributed by atoms with van der Waals surface area (Å²) in [7, 11) is -3.07. The van der Waals surface area contributed by atoms with Gasteiger partial charge in [-0.25, -0.2) is 13.1 Å². The van der Waals surface area contributed by atoms with Gasteiger partial charge in [-0.15, -0.1) is 0 Å². The van der Waals surface area contributed by atoms with Gasteiger partial charge in [-0.3, -0.25) is 0 Å². The van der Waals surface area contributed by atoms with Crippen LogP contribution in [-0.2, 0) is 10.0 Å². The summed E-state index contributed by atoms with van der Waals surface area (Å²) in [6.45, 7) is 5.89. The second-order valence-electron chi connectivity index (χ2n) is 4.03. The van der Waals surface area contributed by atoms with E-state index in [0.29, 0.717) is 11.8 Å². The molecule has 13 heavy (non-hydrogen) atoms. The first-order valence-corrected chi connectivity index (χ1v) is 6.47. The van der Waals surface area contributed by atoms with E-state index in [-0.39, 0.29) is 6.04 Å². The molecular weight excluding hydrogens is 188 g/mol. The van der Waals surface area contributed by atoms with Gasteiger partial charge in [0, 0.05) is 6.04 Å². The molecule has 0 aromatic rings. The molecule has 0 saturated carbocycles. The third-order valence-electron chi connectivity index (χ3n) is 2.51. The van der Waals surface area contributed by atoms with Gasteiger partial charge < -0.3 is 5.32 Å². The lowest BCUT2D eigenvalue weighted by Crippen LogP contribution is -2.53. The van der Waals surface area contributed by atoms with Gasteiger partial charge in [0.15, 0.2) is 0 Å². The van der Waals surface area contributed by atoms with Crippen molar-refractivity contribution in [1.29, 1.82) is 0 Å². The van der Waals surface area contributed by atoms with Gasteiger partial charge >= 0.3 is 0 Å². The van der Waals surface area contributed by atoms with E-state index in [9.17, 15) is 8.42 Å². The minimum absolute atomic E-state index is 0.0799. The fourth-order valence-electron chi connectivity index (χ4n) is 1.83. The van der Waals surface area contributed by atoms with Crippen molar-refractivity contribution in [2.45, 2.75) is 19.9 Å². The van der Waals surface area contributed by atoms with E-state index in [0.717, 1.165) is 13.1 Å². The second kappa shape index (κ2) is 3.94. The zero-order valence-electron chi connectivity index (χ0n) is 8.37. The van der Waals surface area contributed by atoms with E-state index in [1.54, 1.807) is 0 Å². The molecule has 2 atom stereocenters. The van der Waals surface area contributed by atoms with Crippen LogP contribution in [0.4, 0.5) is 0 Å². The predicted octanol–water partition coefficient (Wildman–Crippen LogP) is -0.220. The van der Waals surface area contributed by atoms with E-state index >= 15 is 0 Å². The SMILES string of the molecule is CC1CNCC(C)C1NS(C)(=O)=O. The molecule has 2 unspecified atom stereocenters. The van der Waals surface area contributed by atoms with Crippen LogP contribution >= 0.6 is 0 Å². The molecule has 0 spiro atoms. The first-order chi connectivity index (χ1) is 5.90. The van der Waals surface area contributed by atoms with Crippen molar-refractivity contribution < 1.29 is 8.42 Å². The molecule has 0 aromatic heterocycles. The lowest BCUT2D eigenvalue weighted by Gasteiger charge is -2.35. The van der Waals surface area contributed by atoms with Crippen molar-refractivity contribution in [3.05, 3.63) is 0 Å². The van der Waals surface area contributed by atoms with Gasteiger partial charge in [0.1, 0.15) is 0 Å². The van der Waals surface area contributed by atoms with Gasteiger partial charge in [-0.2, -0.15) is 0 Å². The molecule has 1 aliphatic heterocycles. The summed E-state index contributed by atoms with van der Waals surface area (Å²) in [5, 5.41) is 3.27. The van der Waals surface area contributed by atoms with Crippen molar-refractivity contribution in [2.24, 2.45) is 11.8 Å². The summed E-state index contributed by atoms with van der Waals surface area (Å²) in [6, 6.07) is 0.0799. The lowest BCUT2D eigenvalue weighted by atomic mass is 9.88. The quantitative estimate of drug-likeness (QED) is 0.657. The first kappa shape index (κ1) is 10.9. The Morgan fingerprint density at radius 2 is 1.69 bits per heavy atom. The molecule has 0 aliphatic carbocycles. The molecule has 1 rings (SSSR count). The predicted molar refractivity (Wildman–Crippen MR) is 53.0 cm³/mol. The summed E-state index contributed by atoms with van der Waals surface area (Å²) in [5.41, 5.74) is 0. The van der Waals surface area contributed by atoms with Crippen molar-refractivity contribution >= 4 is 10.0 Å². The summed E-state index contributed by atoms with van der Waals surface area (Å²) >= 11 is 0. The highest BCUT2D eigenvalue weighted by Gasteiger charge is 2.29. The zero-order chi connectivity index (χ0) is 10.1. The van der Waals surface area contributed by atoms with Crippen LogP contribution in [0.2, 0.25) is 0 Å². The molecule has 78 valence electrons. The topological polar surface area (TPSA) is 58.2 Å². The number of hydrogen-bond acceptors (Lipinski definition) is 3. The minimum atomic E-state index is -3.07. The largest absolute Gasteiger partial charge is 0.316 e. The van der Waals surface area contributed by atoms with Crippen LogP contribution < -0.4 is 10.0 Å². The normalized spacial score (nSPS) is 36.1. The fourth-order valence-corrected chi connectivity index (χ4v) is 2.79. The first-order valence-electron chi connectivity index (χ1n) is 4.58. The van der Waals surface area contributed by atoms with E-state index in [1.807, 2.05) is 0 Å².